The maximum atomic E-state index is 12.1. The number of nitro groups is 1. The molecule has 126 valence electrons. The van der Waals surface area contributed by atoms with Gasteiger partial charge in [-0.05, 0) is 19.9 Å². The fourth-order valence-corrected chi connectivity index (χ4v) is 2.63. The van der Waals surface area contributed by atoms with E-state index in [9.17, 15) is 24.5 Å². The van der Waals surface area contributed by atoms with Crippen molar-refractivity contribution in [3.63, 3.8) is 0 Å². The average molecular weight is 334 g/mol. The van der Waals surface area contributed by atoms with Gasteiger partial charge in [0.05, 0.1) is 30.4 Å². The van der Waals surface area contributed by atoms with E-state index in [0.717, 1.165) is 13.2 Å². The van der Waals surface area contributed by atoms with E-state index in [-0.39, 0.29) is 28.4 Å². The Kier molecular flexibility index (Phi) is 4.63. The highest BCUT2D eigenvalue weighted by Crippen LogP contribution is 2.40. The Morgan fingerprint density at radius 1 is 1.38 bits per heavy atom. The van der Waals surface area contributed by atoms with Gasteiger partial charge in [-0.25, -0.2) is 4.79 Å². The van der Waals surface area contributed by atoms with Crippen LogP contribution >= 0.6 is 0 Å². The van der Waals surface area contributed by atoms with Crippen LogP contribution in [0.2, 0.25) is 0 Å². The highest BCUT2D eigenvalue weighted by atomic mass is 16.6. The summed E-state index contributed by atoms with van der Waals surface area (Å²) in [6, 6.07) is 2.40. The lowest BCUT2D eigenvalue weighted by Gasteiger charge is -2.27. The van der Waals surface area contributed by atoms with Gasteiger partial charge in [0, 0.05) is 11.3 Å². The van der Waals surface area contributed by atoms with Gasteiger partial charge >= 0.3 is 11.9 Å². The van der Waals surface area contributed by atoms with Crippen LogP contribution in [-0.2, 0) is 19.1 Å². The first-order valence-corrected chi connectivity index (χ1v) is 6.82. The molecule has 0 amide bonds. The number of hydrogen-bond acceptors (Lipinski definition) is 8. The summed E-state index contributed by atoms with van der Waals surface area (Å²) in [7, 11) is 1.12. The van der Waals surface area contributed by atoms with E-state index in [1.165, 1.54) is 13.0 Å². The highest BCUT2D eigenvalue weighted by Gasteiger charge is 2.39. The molecule has 0 saturated heterocycles. The number of carbonyl (C=O) groups is 3. The van der Waals surface area contributed by atoms with Gasteiger partial charge in [-0.1, -0.05) is 0 Å². The normalized spacial score (nSPS) is 17.4. The fourth-order valence-electron chi connectivity index (χ4n) is 2.63. The van der Waals surface area contributed by atoms with E-state index in [0.29, 0.717) is 12.0 Å². The molecule has 9 nitrogen and oxygen atoms in total. The minimum atomic E-state index is -1.08. The number of furan rings is 1. The van der Waals surface area contributed by atoms with Gasteiger partial charge < -0.3 is 14.5 Å². The Hall–Kier alpha value is -3.23. The number of allylic oxidation sites excluding steroid dienone is 3. The molecule has 1 aromatic heterocycles. The zero-order valence-corrected chi connectivity index (χ0v) is 13.1. The van der Waals surface area contributed by atoms with Crippen molar-refractivity contribution < 1.29 is 28.5 Å². The minimum absolute atomic E-state index is 0.00694. The molecule has 9 heteroatoms. The largest absolute Gasteiger partial charge is 0.466 e. The van der Waals surface area contributed by atoms with E-state index in [4.69, 9.17) is 4.42 Å². The Labute approximate surface area is 136 Å². The summed E-state index contributed by atoms with van der Waals surface area (Å²) >= 11 is 0. The number of Topliss-reactive ketones (excluding diaryl/α,β-unsaturated/α-hetero) is 1. The standard InChI is InChI=1S/C15H14N2O7/c1-7-12(8(2)19)14(10-4-5-11(24-10)17(21)22)13(15(20)23-3)9(6-18)16-7/h4-6,14,16H,1-3H3. The summed E-state index contributed by atoms with van der Waals surface area (Å²) < 4.78 is 9.85. The van der Waals surface area contributed by atoms with Crippen molar-refractivity contribution in [3.05, 3.63) is 50.5 Å². The van der Waals surface area contributed by atoms with Gasteiger partial charge in [-0.3, -0.25) is 19.7 Å². The molecule has 1 aliphatic heterocycles. The maximum absolute atomic E-state index is 12.1. The number of hydrogen-bond donors (Lipinski definition) is 1. The molecule has 1 aliphatic rings. The van der Waals surface area contributed by atoms with Gasteiger partial charge in [-0.15, -0.1) is 0 Å². The summed E-state index contributed by atoms with van der Waals surface area (Å²) in [5.41, 5.74) is 0.271. The molecule has 0 aliphatic carbocycles. The lowest BCUT2D eigenvalue weighted by Crippen LogP contribution is -2.32. The van der Waals surface area contributed by atoms with Crippen LogP contribution in [0.15, 0.2) is 39.1 Å². The van der Waals surface area contributed by atoms with Crippen molar-refractivity contribution in [2.45, 2.75) is 19.8 Å². The van der Waals surface area contributed by atoms with Crippen LogP contribution in [0, 0.1) is 10.1 Å². The molecule has 1 aromatic rings. The molecule has 0 bridgehead atoms. The highest BCUT2D eigenvalue weighted by molar-refractivity contribution is 6.04. The second kappa shape index (κ2) is 6.49. The number of ketones is 1. The molecule has 1 atom stereocenters. The molecule has 1 unspecified atom stereocenters. The van der Waals surface area contributed by atoms with E-state index >= 15 is 0 Å². The number of rotatable bonds is 5. The van der Waals surface area contributed by atoms with Crippen LogP contribution in [0.25, 0.3) is 0 Å². The van der Waals surface area contributed by atoms with Crippen molar-refractivity contribution >= 4 is 23.9 Å². The van der Waals surface area contributed by atoms with Crippen LogP contribution in [0.5, 0.6) is 0 Å². The Morgan fingerprint density at radius 3 is 2.50 bits per heavy atom. The Balaban J connectivity index is 2.72. The second-order valence-electron chi connectivity index (χ2n) is 5.02. The molecular formula is C15H14N2O7. The van der Waals surface area contributed by atoms with Crippen LogP contribution in [0.1, 0.15) is 25.5 Å². The SMILES string of the molecule is COC(=O)C1=C(C=O)NC(C)=C(C(C)=O)C1c1ccc([N+](=O)[O-])o1. The molecule has 0 fully saturated rings. The number of aldehydes is 1. The van der Waals surface area contributed by atoms with Gasteiger partial charge in [0.25, 0.3) is 0 Å². The number of dihydropyridines is 1. The number of esters is 1. The number of carbonyl (C=O) groups excluding carboxylic acids is 3. The van der Waals surface area contributed by atoms with Crippen LogP contribution in [0.4, 0.5) is 5.88 Å². The third-order valence-corrected chi connectivity index (χ3v) is 3.57. The van der Waals surface area contributed by atoms with Crippen LogP contribution < -0.4 is 5.32 Å². The quantitative estimate of drug-likeness (QED) is 0.370. The number of ether oxygens (including phenoxy) is 1. The lowest BCUT2D eigenvalue weighted by atomic mass is 9.82. The third-order valence-electron chi connectivity index (χ3n) is 3.57. The minimum Gasteiger partial charge on any atom is -0.466 e. The molecule has 0 radical (unpaired) electrons. The molecule has 2 rings (SSSR count). The van der Waals surface area contributed by atoms with Crippen molar-refractivity contribution in [2.24, 2.45) is 0 Å². The van der Waals surface area contributed by atoms with Gasteiger partial charge in [0.15, 0.2) is 12.1 Å². The number of methoxy groups -OCH3 is 1. The van der Waals surface area contributed by atoms with Gasteiger partial charge in [0.1, 0.15) is 10.7 Å². The summed E-state index contributed by atoms with van der Waals surface area (Å²) in [4.78, 5) is 45.6. The third kappa shape index (κ3) is 2.83. The average Bonchev–Trinajstić information content (AvgIpc) is 3.02. The topological polar surface area (TPSA) is 129 Å². The molecule has 24 heavy (non-hydrogen) atoms. The second-order valence-corrected chi connectivity index (χ2v) is 5.02. The van der Waals surface area contributed by atoms with Crippen molar-refractivity contribution in [3.8, 4) is 0 Å². The van der Waals surface area contributed by atoms with Crippen molar-refractivity contribution in [1.82, 2.24) is 5.32 Å². The van der Waals surface area contributed by atoms with Gasteiger partial charge in [-0.2, -0.15) is 0 Å². The number of nitrogens with one attached hydrogen (secondary N) is 1. The Morgan fingerprint density at radius 2 is 2.04 bits per heavy atom. The fraction of sp³-hybridized carbons (Fsp3) is 0.267. The zero-order chi connectivity index (χ0) is 18.0. The van der Waals surface area contributed by atoms with Crippen LogP contribution in [-0.4, -0.2) is 30.1 Å². The first kappa shape index (κ1) is 17.1. The molecule has 1 N–H and O–H groups in total. The molecule has 0 aromatic carbocycles. The van der Waals surface area contributed by atoms with Gasteiger partial charge in [0.2, 0.25) is 0 Å². The lowest BCUT2D eigenvalue weighted by molar-refractivity contribution is -0.402. The smallest absolute Gasteiger partial charge is 0.433 e. The monoisotopic (exact) mass is 334 g/mol. The van der Waals surface area contributed by atoms with E-state index in [1.54, 1.807) is 6.92 Å². The summed E-state index contributed by atoms with van der Waals surface area (Å²) in [6.07, 6.45) is 0.414. The first-order valence-electron chi connectivity index (χ1n) is 6.82. The predicted molar refractivity (Wildman–Crippen MR) is 79.7 cm³/mol. The maximum Gasteiger partial charge on any atom is 0.433 e. The molecular weight excluding hydrogens is 320 g/mol. The summed E-state index contributed by atoms with van der Waals surface area (Å²) in [6.45, 7) is 2.84. The van der Waals surface area contributed by atoms with E-state index in [1.807, 2.05) is 0 Å². The molecule has 0 saturated carbocycles. The van der Waals surface area contributed by atoms with Crippen LogP contribution in [0.3, 0.4) is 0 Å². The van der Waals surface area contributed by atoms with E-state index < -0.39 is 22.7 Å². The van der Waals surface area contributed by atoms with Crippen molar-refractivity contribution in [1.29, 1.82) is 0 Å². The summed E-state index contributed by atoms with van der Waals surface area (Å²) in [5, 5.41) is 13.5. The first-order chi connectivity index (χ1) is 11.3. The zero-order valence-electron chi connectivity index (χ0n) is 13.1. The van der Waals surface area contributed by atoms with E-state index in [2.05, 4.69) is 10.1 Å². The molecule has 0 spiro atoms. The Bertz CT molecular complexity index is 800. The summed E-state index contributed by atoms with van der Waals surface area (Å²) in [5.74, 6) is -2.85. The number of nitrogens with zero attached hydrogens (tertiary/aromatic N) is 1. The predicted octanol–water partition coefficient (Wildman–Crippen LogP) is 1.36. The molecule has 2 heterocycles. The van der Waals surface area contributed by atoms with Crippen molar-refractivity contribution in [2.75, 3.05) is 7.11 Å².